The molecule has 7 nitrogen and oxygen atoms in total. The van der Waals surface area contributed by atoms with Gasteiger partial charge in [-0.1, -0.05) is 22.0 Å². The van der Waals surface area contributed by atoms with Crippen LogP contribution in [0.2, 0.25) is 0 Å². The number of halogens is 2. The van der Waals surface area contributed by atoms with Gasteiger partial charge in [0.25, 0.3) is 5.91 Å². The van der Waals surface area contributed by atoms with E-state index in [0.717, 1.165) is 10.9 Å². The molecule has 0 spiro atoms. The smallest absolute Gasteiger partial charge is 0.251 e. The molecule has 1 atom stereocenters. The van der Waals surface area contributed by atoms with Gasteiger partial charge in [-0.25, -0.2) is 8.42 Å². The van der Waals surface area contributed by atoms with Gasteiger partial charge in [0.05, 0.1) is 5.75 Å². The minimum Gasteiger partial charge on any atom is -0.356 e. The number of rotatable bonds is 9. The first kappa shape index (κ1) is 26.1. The molecule has 0 aliphatic carbocycles. The maximum Gasteiger partial charge on any atom is 0.251 e. The van der Waals surface area contributed by atoms with Crippen LogP contribution in [0.3, 0.4) is 0 Å². The summed E-state index contributed by atoms with van der Waals surface area (Å²) >= 11 is 3.35. The highest BCUT2D eigenvalue weighted by atomic mass is 127. The van der Waals surface area contributed by atoms with Crippen LogP contribution in [0.4, 0.5) is 0 Å². The van der Waals surface area contributed by atoms with Gasteiger partial charge in [-0.05, 0) is 38.0 Å². The molecule has 154 valence electrons. The van der Waals surface area contributed by atoms with E-state index in [1.54, 1.807) is 19.2 Å². The number of hydrogen-bond donors (Lipinski definition) is 3. The average molecular weight is 575 g/mol. The fourth-order valence-electron chi connectivity index (χ4n) is 2.12. The topological polar surface area (TPSA) is 99.7 Å². The molecule has 27 heavy (non-hydrogen) atoms. The van der Waals surface area contributed by atoms with Crippen LogP contribution in [0.25, 0.3) is 0 Å². The second-order valence-corrected chi connectivity index (χ2v) is 9.26. The van der Waals surface area contributed by atoms with Crippen molar-refractivity contribution >= 4 is 61.6 Å². The van der Waals surface area contributed by atoms with E-state index < -0.39 is 9.84 Å². The molecule has 0 saturated carbocycles. The number of guanidine groups is 1. The molecular weight excluding hydrogens is 547 g/mol. The molecule has 1 aromatic rings. The molecule has 1 aromatic carbocycles. The Balaban J connectivity index is 0.00000676. The number of carbonyl (C=O) groups is 1. The van der Waals surface area contributed by atoms with Crippen molar-refractivity contribution in [3.05, 3.63) is 34.3 Å². The number of carbonyl (C=O) groups excluding carboxylic acids is 1. The summed E-state index contributed by atoms with van der Waals surface area (Å²) in [6.45, 7) is 3.09. The van der Waals surface area contributed by atoms with Crippen LogP contribution in [0, 0.1) is 0 Å². The van der Waals surface area contributed by atoms with E-state index >= 15 is 0 Å². The van der Waals surface area contributed by atoms with Crippen LogP contribution in [-0.4, -0.2) is 58.5 Å². The lowest BCUT2D eigenvalue weighted by Crippen LogP contribution is -2.43. The highest BCUT2D eigenvalue weighted by Gasteiger charge is 2.09. The molecule has 1 unspecified atom stereocenters. The molecule has 0 aromatic heterocycles. The third-order valence-corrected chi connectivity index (χ3v) is 5.02. The molecule has 10 heteroatoms. The Kier molecular flexibility index (Phi) is 12.9. The molecule has 1 amide bonds. The summed E-state index contributed by atoms with van der Waals surface area (Å²) < 4.78 is 23.3. The molecule has 0 fully saturated rings. The number of sulfone groups is 1. The van der Waals surface area contributed by atoms with Gasteiger partial charge in [-0.2, -0.15) is 0 Å². The minimum absolute atomic E-state index is 0. The molecule has 0 saturated heterocycles. The number of nitrogens with zero attached hydrogens (tertiary/aromatic N) is 1. The number of aliphatic imine (C=N–C) groups is 1. The quantitative estimate of drug-likeness (QED) is 0.182. The van der Waals surface area contributed by atoms with Crippen molar-refractivity contribution in [2.75, 3.05) is 32.1 Å². The van der Waals surface area contributed by atoms with E-state index in [4.69, 9.17) is 0 Å². The third-order valence-electron chi connectivity index (χ3n) is 3.55. The second kappa shape index (κ2) is 13.3. The summed E-state index contributed by atoms with van der Waals surface area (Å²) in [6.07, 6.45) is 2.48. The van der Waals surface area contributed by atoms with Gasteiger partial charge >= 0.3 is 0 Å². The molecule has 0 bridgehead atoms. The van der Waals surface area contributed by atoms with E-state index in [-0.39, 0.29) is 41.7 Å². The summed E-state index contributed by atoms with van der Waals surface area (Å²) in [4.78, 5) is 16.1. The first-order valence-corrected chi connectivity index (χ1v) is 11.3. The van der Waals surface area contributed by atoms with Crippen molar-refractivity contribution in [1.29, 1.82) is 0 Å². The van der Waals surface area contributed by atoms with Crippen molar-refractivity contribution < 1.29 is 13.2 Å². The second-order valence-electron chi connectivity index (χ2n) is 6.08. The van der Waals surface area contributed by atoms with Crippen LogP contribution >= 0.6 is 39.9 Å². The first-order chi connectivity index (χ1) is 12.2. The molecule has 3 N–H and O–H groups in total. The van der Waals surface area contributed by atoms with Crippen LogP contribution in [-0.2, 0) is 9.84 Å². The number of amides is 1. The van der Waals surface area contributed by atoms with Gasteiger partial charge in [-0.3, -0.25) is 9.79 Å². The Morgan fingerprint density at radius 3 is 2.52 bits per heavy atom. The molecule has 0 radical (unpaired) electrons. The van der Waals surface area contributed by atoms with Crippen molar-refractivity contribution in [2.24, 2.45) is 4.99 Å². The minimum atomic E-state index is -2.96. The summed E-state index contributed by atoms with van der Waals surface area (Å²) in [5.74, 6) is 0.646. The molecule has 0 aliphatic rings. The zero-order chi connectivity index (χ0) is 19.6. The monoisotopic (exact) mass is 574 g/mol. The van der Waals surface area contributed by atoms with Crippen LogP contribution in [0.15, 0.2) is 33.7 Å². The zero-order valence-corrected chi connectivity index (χ0v) is 20.5. The standard InChI is InChI=1S/C17H27BrN4O3S.HI/c1-13(8-11-26(3,24)25)22-17(19-2)21-10-5-9-20-16(23)14-6-4-7-15(18)12-14;/h4,6-7,12-13H,5,8-11H2,1-3H3,(H,20,23)(H2,19,21,22);1H. The van der Waals surface area contributed by atoms with Crippen LogP contribution < -0.4 is 16.0 Å². The van der Waals surface area contributed by atoms with Crippen molar-refractivity contribution in [2.45, 2.75) is 25.8 Å². The van der Waals surface area contributed by atoms with Gasteiger partial charge in [0.2, 0.25) is 0 Å². The summed E-state index contributed by atoms with van der Waals surface area (Å²) in [6, 6.07) is 7.23. The molecular formula is C17H28BrIN4O3S. The lowest BCUT2D eigenvalue weighted by molar-refractivity contribution is 0.0953. The van der Waals surface area contributed by atoms with Gasteiger partial charge in [0.15, 0.2) is 5.96 Å². The fraction of sp³-hybridized carbons (Fsp3) is 0.529. The number of benzene rings is 1. The summed E-state index contributed by atoms with van der Waals surface area (Å²) in [7, 11) is -1.30. The van der Waals surface area contributed by atoms with Gasteiger partial charge < -0.3 is 16.0 Å². The van der Waals surface area contributed by atoms with Crippen molar-refractivity contribution in [1.82, 2.24) is 16.0 Å². The van der Waals surface area contributed by atoms with Gasteiger partial charge in [-0.15, -0.1) is 24.0 Å². The third kappa shape index (κ3) is 12.2. The molecule has 0 heterocycles. The Morgan fingerprint density at radius 1 is 1.26 bits per heavy atom. The van der Waals surface area contributed by atoms with Crippen molar-refractivity contribution in [3.8, 4) is 0 Å². The maximum absolute atomic E-state index is 12.0. The van der Waals surface area contributed by atoms with E-state index in [0.29, 0.717) is 31.0 Å². The first-order valence-electron chi connectivity index (χ1n) is 8.40. The number of hydrogen-bond acceptors (Lipinski definition) is 4. The van der Waals surface area contributed by atoms with Crippen LogP contribution in [0.5, 0.6) is 0 Å². The number of nitrogens with one attached hydrogen (secondary N) is 3. The predicted molar refractivity (Wildman–Crippen MR) is 125 cm³/mol. The SMILES string of the molecule is CN=C(NCCCNC(=O)c1cccc(Br)c1)NC(C)CCS(C)(=O)=O.I. The zero-order valence-electron chi connectivity index (χ0n) is 15.8. The van der Waals surface area contributed by atoms with Gasteiger partial charge in [0, 0.05) is 42.5 Å². The summed E-state index contributed by atoms with van der Waals surface area (Å²) in [5, 5.41) is 9.17. The van der Waals surface area contributed by atoms with Crippen molar-refractivity contribution in [3.63, 3.8) is 0 Å². The fourth-order valence-corrected chi connectivity index (χ4v) is 3.30. The van der Waals surface area contributed by atoms with E-state index in [1.807, 2.05) is 19.1 Å². The highest BCUT2D eigenvalue weighted by molar-refractivity contribution is 14.0. The Bertz CT molecular complexity index is 729. The lowest BCUT2D eigenvalue weighted by atomic mass is 10.2. The van der Waals surface area contributed by atoms with Gasteiger partial charge in [0.1, 0.15) is 9.84 Å². The van der Waals surface area contributed by atoms with E-state index in [9.17, 15) is 13.2 Å². The predicted octanol–water partition coefficient (Wildman–Crippen LogP) is 2.18. The molecule has 0 aliphatic heterocycles. The Labute approximate surface area is 187 Å². The summed E-state index contributed by atoms with van der Waals surface area (Å²) in [5.41, 5.74) is 0.615. The highest BCUT2D eigenvalue weighted by Crippen LogP contribution is 2.11. The molecule has 1 rings (SSSR count). The Morgan fingerprint density at radius 2 is 1.93 bits per heavy atom. The normalized spacial score (nSPS) is 12.7. The van der Waals surface area contributed by atoms with E-state index in [2.05, 4.69) is 36.9 Å². The lowest BCUT2D eigenvalue weighted by Gasteiger charge is -2.17. The Hall–Kier alpha value is -0.880. The van der Waals surface area contributed by atoms with E-state index in [1.165, 1.54) is 6.26 Å². The maximum atomic E-state index is 12.0. The largest absolute Gasteiger partial charge is 0.356 e. The average Bonchev–Trinajstić information content (AvgIpc) is 2.57. The van der Waals surface area contributed by atoms with Crippen LogP contribution in [0.1, 0.15) is 30.1 Å².